The number of nitrogens with one attached hydrogen (secondary N) is 1. The van der Waals surface area contributed by atoms with Crippen molar-refractivity contribution in [3.05, 3.63) is 35.9 Å². The molecule has 3 heteroatoms. The summed E-state index contributed by atoms with van der Waals surface area (Å²) in [5.41, 5.74) is 1.14. The van der Waals surface area contributed by atoms with E-state index in [9.17, 15) is 5.26 Å². The van der Waals surface area contributed by atoms with Gasteiger partial charge in [-0.1, -0.05) is 36.8 Å². The summed E-state index contributed by atoms with van der Waals surface area (Å²) in [6, 6.07) is 12.9. The molecule has 0 radical (unpaired) electrons. The quantitative estimate of drug-likeness (QED) is 0.857. The second kappa shape index (κ2) is 6.52. The van der Waals surface area contributed by atoms with E-state index in [1.165, 1.54) is 12.8 Å². The fourth-order valence-electron chi connectivity index (χ4n) is 2.22. The van der Waals surface area contributed by atoms with Crippen LogP contribution in [0.2, 0.25) is 0 Å². The molecular formula is C13H17ClN2. The van der Waals surface area contributed by atoms with Crippen LogP contribution in [-0.2, 0) is 0 Å². The van der Waals surface area contributed by atoms with Crippen LogP contribution in [0.4, 0.5) is 0 Å². The molecule has 2 nitrogen and oxygen atoms in total. The molecule has 1 N–H and O–H groups in total. The number of piperidine rings is 1. The van der Waals surface area contributed by atoms with Crippen LogP contribution in [0, 0.1) is 11.3 Å². The first kappa shape index (κ1) is 13.0. The summed E-state index contributed by atoms with van der Waals surface area (Å²) in [5, 5.41) is 12.7. The fraction of sp³-hybridized carbons (Fsp3) is 0.462. The number of halogens is 1. The molecule has 0 aliphatic carbocycles. The predicted octanol–water partition coefficient (Wildman–Crippen LogP) is 2.86. The lowest BCUT2D eigenvalue weighted by atomic mass is 9.88. The average molecular weight is 237 g/mol. The molecule has 1 aliphatic heterocycles. The molecule has 0 amide bonds. The Kier molecular flexibility index (Phi) is 5.31. The second-order valence-corrected chi connectivity index (χ2v) is 4.07. The van der Waals surface area contributed by atoms with Crippen LogP contribution in [0.3, 0.4) is 0 Å². The van der Waals surface area contributed by atoms with E-state index in [-0.39, 0.29) is 18.3 Å². The zero-order valence-electron chi connectivity index (χ0n) is 9.23. The highest BCUT2D eigenvalue weighted by Crippen LogP contribution is 2.24. The highest BCUT2D eigenvalue weighted by Gasteiger charge is 2.23. The summed E-state index contributed by atoms with van der Waals surface area (Å²) in [4.78, 5) is 0. The number of rotatable bonds is 2. The Morgan fingerprint density at radius 2 is 2.00 bits per heavy atom. The number of hydrogen-bond acceptors (Lipinski definition) is 2. The van der Waals surface area contributed by atoms with E-state index in [0.29, 0.717) is 6.04 Å². The monoisotopic (exact) mass is 236 g/mol. The molecule has 2 atom stereocenters. The Balaban J connectivity index is 0.00000128. The van der Waals surface area contributed by atoms with Gasteiger partial charge in [0.15, 0.2) is 0 Å². The van der Waals surface area contributed by atoms with Crippen molar-refractivity contribution in [2.45, 2.75) is 31.2 Å². The number of hydrogen-bond donors (Lipinski definition) is 1. The Hall–Kier alpha value is -1.04. The van der Waals surface area contributed by atoms with E-state index in [2.05, 4.69) is 11.4 Å². The first-order chi connectivity index (χ1) is 7.42. The van der Waals surface area contributed by atoms with Gasteiger partial charge >= 0.3 is 0 Å². The summed E-state index contributed by atoms with van der Waals surface area (Å²) in [5.74, 6) is 0.00602. The molecule has 1 saturated heterocycles. The van der Waals surface area contributed by atoms with Crippen molar-refractivity contribution in [1.82, 2.24) is 5.32 Å². The Morgan fingerprint density at radius 3 is 2.56 bits per heavy atom. The summed E-state index contributed by atoms with van der Waals surface area (Å²) in [7, 11) is 0. The van der Waals surface area contributed by atoms with Crippen molar-refractivity contribution in [3.63, 3.8) is 0 Å². The van der Waals surface area contributed by atoms with Crippen molar-refractivity contribution in [2.24, 2.45) is 0 Å². The normalized spacial score (nSPS) is 21.6. The van der Waals surface area contributed by atoms with E-state index in [1.54, 1.807) is 0 Å². The highest BCUT2D eigenvalue weighted by atomic mass is 35.5. The lowest BCUT2D eigenvalue weighted by Crippen LogP contribution is -2.38. The van der Waals surface area contributed by atoms with Gasteiger partial charge in [0.05, 0.1) is 12.0 Å². The van der Waals surface area contributed by atoms with Crippen LogP contribution >= 0.6 is 12.4 Å². The van der Waals surface area contributed by atoms with Gasteiger partial charge in [-0.25, -0.2) is 0 Å². The zero-order valence-corrected chi connectivity index (χ0v) is 10.0. The van der Waals surface area contributed by atoms with Gasteiger partial charge in [0, 0.05) is 6.04 Å². The standard InChI is InChI=1S/C13H16N2.ClH/c14-10-12(11-6-2-1-3-7-11)13-8-4-5-9-15-13;/h1-3,6-7,12-13,15H,4-5,8-9H2;1H. The summed E-state index contributed by atoms with van der Waals surface area (Å²) < 4.78 is 0. The van der Waals surface area contributed by atoms with E-state index < -0.39 is 0 Å². The van der Waals surface area contributed by atoms with Gasteiger partial charge in [-0.15, -0.1) is 12.4 Å². The highest BCUT2D eigenvalue weighted by molar-refractivity contribution is 5.85. The summed E-state index contributed by atoms with van der Waals surface area (Å²) in [6.07, 6.45) is 3.60. The van der Waals surface area contributed by atoms with Crippen LogP contribution in [-0.4, -0.2) is 12.6 Å². The minimum absolute atomic E-state index is 0. The summed E-state index contributed by atoms with van der Waals surface area (Å²) in [6.45, 7) is 1.05. The van der Waals surface area contributed by atoms with E-state index in [1.807, 2.05) is 30.3 Å². The molecule has 1 heterocycles. The van der Waals surface area contributed by atoms with Crippen LogP contribution in [0.15, 0.2) is 30.3 Å². The van der Waals surface area contributed by atoms with Crippen molar-refractivity contribution < 1.29 is 0 Å². The minimum Gasteiger partial charge on any atom is -0.312 e. The van der Waals surface area contributed by atoms with Gasteiger partial charge < -0.3 is 5.32 Å². The first-order valence-electron chi connectivity index (χ1n) is 5.60. The third-order valence-corrected chi connectivity index (χ3v) is 3.05. The summed E-state index contributed by atoms with van der Waals surface area (Å²) >= 11 is 0. The number of benzene rings is 1. The van der Waals surface area contributed by atoms with Gasteiger partial charge in [-0.3, -0.25) is 0 Å². The van der Waals surface area contributed by atoms with Crippen LogP contribution < -0.4 is 5.32 Å². The Bertz CT molecular complexity index is 339. The lowest BCUT2D eigenvalue weighted by molar-refractivity contribution is 0.380. The molecule has 0 aromatic heterocycles. The molecule has 0 saturated carbocycles. The third kappa shape index (κ3) is 2.98. The zero-order chi connectivity index (χ0) is 10.5. The van der Waals surface area contributed by atoms with E-state index >= 15 is 0 Å². The second-order valence-electron chi connectivity index (χ2n) is 4.07. The molecule has 2 rings (SSSR count). The molecule has 1 aliphatic rings. The van der Waals surface area contributed by atoms with Crippen molar-refractivity contribution in [1.29, 1.82) is 5.26 Å². The Morgan fingerprint density at radius 1 is 1.25 bits per heavy atom. The molecule has 1 aromatic carbocycles. The third-order valence-electron chi connectivity index (χ3n) is 3.05. The van der Waals surface area contributed by atoms with E-state index in [0.717, 1.165) is 18.5 Å². The number of nitriles is 1. The molecule has 1 fully saturated rings. The van der Waals surface area contributed by atoms with Crippen LogP contribution in [0.25, 0.3) is 0 Å². The smallest absolute Gasteiger partial charge is 0.0865 e. The van der Waals surface area contributed by atoms with Gasteiger partial charge in [-0.2, -0.15) is 5.26 Å². The first-order valence-corrected chi connectivity index (χ1v) is 5.60. The Labute approximate surface area is 103 Å². The van der Waals surface area contributed by atoms with Crippen LogP contribution in [0.5, 0.6) is 0 Å². The van der Waals surface area contributed by atoms with E-state index in [4.69, 9.17) is 0 Å². The molecule has 16 heavy (non-hydrogen) atoms. The maximum absolute atomic E-state index is 9.24. The largest absolute Gasteiger partial charge is 0.312 e. The number of nitrogens with zero attached hydrogens (tertiary/aromatic N) is 1. The van der Waals surface area contributed by atoms with Crippen molar-refractivity contribution in [2.75, 3.05) is 6.54 Å². The maximum Gasteiger partial charge on any atom is 0.0865 e. The van der Waals surface area contributed by atoms with Gasteiger partial charge in [-0.05, 0) is 24.9 Å². The topological polar surface area (TPSA) is 35.8 Å². The predicted molar refractivity (Wildman–Crippen MR) is 67.7 cm³/mol. The average Bonchev–Trinajstić information content (AvgIpc) is 2.33. The molecule has 1 aromatic rings. The van der Waals surface area contributed by atoms with Crippen molar-refractivity contribution in [3.8, 4) is 6.07 Å². The van der Waals surface area contributed by atoms with Gasteiger partial charge in [0.25, 0.3) is 0 Å². The molecule has 2 unspecified atom stereocenters. The SMILES string of the molecule is Cl.N#CC(c1ccccc1)C1CCCCN1. The minimum atomic E-state index is 0. The van der Waals surface area contributed by atoms with Gasteiger partial charge in [0.1, 0.15) is 0 Å². The lowest BCUT2D eigenvalue weighted by Gasteiger charge is -2.27. The van der Waals surface area contributed by atoms with Crippen LogP contribution in [0.1, 0.15) is 30.7 Å². The fourth-order valence-corrected chi connectivity index (χ4v) is 2.22. The molecular weight excluding hydrogens is 220 g/mol. The van der Waals surface area contributed by atoms with Gasteiger partial charge in [0.2, 0.25) is 0 Å². The maximum atomic E-state index is 9.24. The molecule has 86 valence electrons. The van der Waals surface area contributed by atoms with Crippen molar-refractivity contribution >= 4 is 12.4 Å². The molecule has 0 bridgehead atoms. The molecule has 0 spiro atoms.